The number of phenols is 1. The summed E-state index contributed by atoms with van der Waals surface area (Å²) in [4.78, 5) is 4.32. The molecule has 0 fully saturated rings. The highest BCUT2D eigenvalue weighted by atomic mass is 16.3. The van der Waals surface area contributed by atoms with Crippen LogP contribution in [0.5, 0.6) is 5.75 Å². The maximum atomic E-state index is 10.9. The van der Waals surface area contributed by atoms with E-state index in [0.29, 0.717) is 18.8 Å². The van der Waals surface area contributed by atoms with Crippen molar-refractivity contribution in [3.63, 3.8) is 0 Å². The van der Waals surface area contributed by atoms with Gasteiger partial charge in [0.15, 0.2) is 0 Å². The summed E-state index contributed by atoms with van der Waals surface area (Å²) >= 11 is 0. The van der Waals surface area contributed by atoms with Crippen LogP contribution in [-0.2, 0) is 13.1 Å². The van der Waals surface area contributed by atoms with Gasteiger partial charge in [0, 0.05) is 30.4 Å². The predicted octanol–water partition coefficient (Wildman–Crippen LogP) is 4.98. The Morgan fingerprint density at radius 2 is 1.58 bits per heavy atom. The summed E-state index contributed by atoms with van der Waals surface area (Å²) in [5.74, 6) is 0.360. The molecule has 0 unspecified atom stereocenters. The third-order valence-corrected chi connectivity index (χ3v) is 4.63. The van der Waals surface area contributed by atoms with Crippen molar-refractivity contribution in [2.75, 3.05) is 0 Å². The zero-order valence-electron chi connectivity index (χ0n) is 15.9. The molecule has 0 aliphatic rings. The molecule has 0 atom stereocenters. The normalized spacial score (nSPS) is 10.9. The fraction of sp³-hybridized carbons (Fsp3) is 0.261. The first-order valence-corrected chi connectivity index (χ1v) is 8.97. The monoisotopic (exact) mass is 346 g/mol. The lowest BCUT2D eigenvalue weighted by atomic mass is 9.91. The average Bonchev–Trinajstić information content (AvgIpc) is 2.58. The molecule has 1 aromatic heterocycles. The minimum Gasteiger partial charge on any atom is -0.507 e. The molecule has 134 valence electrons. The molecule has 0 amide bonds. The average molecular weight is 346 g/mol. The molecule has 3 nitrogen and oxygen atoms in total. The Hall–Kier alpha value is -2.65. The van der Waals surface area contributed by atoms with Crippen LogP contribution in [0.1, 0.15) is 33.5 Å². The van der Waals surface area contributed by atoms with E-state index >= 15 is 0 Å². The molecule has 1 heterocycles. The van der Waals surface area contributed by atoms with Gasteiger partial charge in [-0.3, -0.25) is 4.98 Å². The van der Waals surface area contributed by atoms with Crippen LogP contribution in [0.3, 0.4) is 0 Å². The lowest BCUT2D eigenvalue weighted by Crippen LogP contribution is -2.14. The minimum atomic E-state index is 0.360. The second-order valence-corrected chi connectivity index (χ2v) is 7.02. The van der Waals surface area contributed by atoms with Gasteiger partial charge in [-0.2, -0.15) is 0 Å². The number of aryl methyl sites for hydroxylation is 4. The van der Waals surface area contributed by atoms with Crippen LogP contribution in [0.4, 0.5) is 0 Å². The molecule has 3 rings (SSSR count). The Labute approximate surface area is 155 Å². The van der Waals surface area contributed by atoms with Crippen LogP contribution in [-0.4, -0.2) is 10.1 Å². The van der Waals surface area contributed by atoms with Gasteiger partial charge < -0.3 is 10.4 Å². The van der Waals surface area contributed by atoms with Crippen LogP contribution >= 0.6 is 0 Å². The molecule has 0 spiro atoms. The molecule has 26 heavy (non-hydrogen) atoms. The predicted molar refractivity (Wildman–Crippen MR) is 107 cm³/mol. The summed E-state index contributed by atoms with van der Waals surface area (Å²) in [7, 11) is 0. The minimum absolute atomic E-state index is 0.360. The molecule has 3 aromatic rings. The summed E-state index contributed by atoms with van der Waals surface area (Å²) in [6, 6.07) is 14.3. The summed E-state index contributed by atoms with van der Waals surface area (Å²) < 4.78 is 0. The second-order valence-electron chi connectivity index (χ2n) is 7.02. The highest BCUT2D eigenvalue weighted by Crippen LogP contribution is 2.37. The quantitative estimate of drug-likeness (QED) is 0.685. The van der Waals surface area contributed by atoms with Gasteiger partial charge in [0.2, 0.25) is 0 Å². The van der Waals surface area contributed by atoms with Crippen LogP contribution in [0.15, 0.2) is 48.7 Å². The van der Waals surface area contributed by atoms with E-state index in [1.54, 1.807) is 6.20 Å². The van der Waals surface area contributed by atoms with E-state index in [-0.39, 0.29) is 0 Å². The molecule has 3 heteroatoms. The Morgan fingerprint density at radius 3 is 2.23 bits per heavy atom. The fourth-order valence-corrected chi connectivity index (χ4v) is 3.61. The summed E-state index contributed by atoms with van der Waals surface area (Å²) in [6.07, 6.45) is 1.79. The number of hydrogen-bond donors (Lipinski definition) is 2. The fourth-order valence-electron chi connectivity index (χ4n) is 3.61. The van der Waals surface area contributed by atoms with Crippen LogP contribution in [0, 0.1) is 27.7 Å². The first-order valence-electron chi connectivity index (χ1n) is 8.97. The number of aromatic nitrogens is 1. The Balaban J connectivity index is 1.90. The molecule has 0 bridgehead atoms. The van der Waals surface area contributed by atoms with E-state index in [4.69, 9.17) is 0 Å². The lowest BCUT2D eigenvalue weighted by molar-refractivity contribution is 0.466. The summed E-state index contributed by atoms with van der Waals surface area (Å²) in [5, 5.41) is 14.3. The van der Waals surface area contributed by atoms with Crippen molar-refractivity contribution in [2.45, 2.75) is 40.8 Å². The van der Waals surface area contributed by atoms with Crippen LogP contribution < -0.4 is 5.32 Å². The largest absolute Gasteiger partial charge is 0.507 e. The Bertz CT molecular complexity index is 894. The van der Waals surface area contributed by atoms with E-state index in [9.17, 15) is 5.11 Å². The standard InChI is InChI=1S/C23H26N2O/c1-15-9-17(3)22(18(4)10-15)21-12-16(2)11-19(23(21)26)13-24-14-20-7-5-6-8-25-20/h5-12,24,26H,13-14H2,1-4H3. The molecule has 0 saturated heterocycles. The molecule has 0 aliphatic carbocycles. The molecule has 2 N–H and O–H groups in total. The van der Waals surface area contributed by atoms with Gasteiger partial charge in [-0.05, 0) is 68.1 Å². The van der Waals surface area contributed by atoms with E-state index in [0.717, 1.165) is 27.9 Å². The first kappa shape index (κ1) is 18.2. The number of phenolic OH excluding ortho intramolecular Hbond substituents is 1. The van der Waals surface area contributed by atoms with Gasteiger partial charge in [-0.15, -0.1) is 0 Å². The molecule has 0 radical (unpaired) electrons. The van der Waals surface area contributed by atoms with Crippen molar-refractivity contribution in [1.82, 2.24) is 10.3 Å². The van der Waals surface area contributed by atoms with Gasteiger partial charge >= 0.3 is 0 Å². The summed E-state index contributed by atoms with van der Waals surface area (Å²) in [5.41, 5.74) is 8.71. The lowest BCUT2D eigenvalue weighted by Gasteiger charge is -2.17. The Morgan fingerprint density at radius 1 is 0.885 bits per heavy atom. The number of pyridine rings is 1. The van der Waals surface area contributed by atoms with Gasteiger partial charge in [0.05, 0.1) is 5.69 Å². The van der Waals surface area contributed by atoms with Gasteiger partial charge in [-0.1, -0.05) is 29.8 Å². The van der Waals surface area contributed by atoms with E-state index in [1.165, 1.54) is 16.7 Å². The van der Waals surface area contributed by atoms with E-state index in [1.807, 2.05) is 24.3 Å². The molecule has 2 aromatic carbocycles. The topological polar surface area (TPSA) is 45.2 Å². The van der Waals surface area contributed by atoms with Crippen molar-refractivity contribution in [1.29, 1.82) is 0 Å². The van der Waals surface area contributed by atoms with Gasteiger partial charge in [0.1, 0.15) is 5.75 Å². The number of nitrogens with one attached hydrogen (secondary N) is 1. The number of hydrogen-bond acceptors (Lipinski definition) is 3. The number of nitrogens with zero attached hydrogens (tertiary/aromatic N) is 1. The number of aromatic hydroxyl groups is 1. The third kappa shape index (κ3) is 3.94. The Kier molecular flexibility index (Phi) is 5.38. The molecular weight excluding hydrogens is 320 g/mol. The maximum absolute atomic E-state index is 10.9. The van der Waals surface area contributed by atoms with Crippen molar-refractivity contribution in [3.05, 3.63) is 82.2 Å². The molecular formula is C23H26N2O. The van der Waals surface area contributed by atoms with Crippen molar-refractivity contribution < 1.29 is 5.11 Å². The zero-order valence-corrected chi connectivity index (χ0v) is 15.9. The highest BCUT2D eigenvalue weighted by molar-refractivity contribution is 5.78. The second kappa shape index (κ2) is 7.71. The SMILES string of the molecule is Cc1cc(C)c(-c2cc(C)cc(CNCc3ccccn3)c2O)c(C)c1. The van der Waals surface area contributed by atoms with Crippen molar-refractivity contribution in [3.8, 4) is 16.9 Å². The summed E-state index contributed by atoms with van der Waals surface area (Å²) in [6.45, 7) is 9.66. The maximum Gasteiger partial charge on any atom is 0.127 e. The van der Waals surface area contributed by atoms with Gasteiger partial charge in [-0.25, -0.2) is 0 Å². The van der Waals surface area contributed by atoms with Crippen molar-refractivity contribution >= 4 is 0 Å². The van der Waals surface area contributed by atoms with Gasteiger partial charge in [0.25, 0.3) is 0 Å². The third-order valence-electron chi connectivity index (χ3n) is 4.63. The highest BCUT2D eigenvalue weighted by Gasteiger charge is 2.15. The van der Waals surface area contributed by atoms with Crippen molar-refractivity contribution in [2.24, 2.45) is 0 Å². The molecule has 0 aliphatic heterocycles. The molecule has 0 saturated carbocycles. The van der Waals surface area contributed by atoms with Crippen LogP contribution in [0.2, 0.25) is 0 Å². The van der Waals surface area contributed by atoms with Crippen LogP contribution in [0.25, 0.3) is 11.1 Å². The smallest absolute Gasteiger partial charge is 0.127 e. The number of rotatable bonds is 5. The van der Waals surface area contributed by atoms with E-state index in [2.05, 4.69) is 56.2 Å². The zero-order chi connectivity index (χ0) is 18.7. The van der Waals surface area contributed by atoms with E-state index < -0.39 is 0 Å². The number of benzene rings is 2. The first-order chi connectivity index (χ1) is 12.5.